The van der Waals surface area contributed by atoms with Crippen LogP contribution in [0.5, 0.6) is 0 Å². The lowest BCUT2D eigenvalue weighted by Crippen LogP contribution is -2.47. The van der Waals surface area contributed by atoms with E-state index >= 15 is 0 Å². The average molecular weight is 289 g/mol. The van der Waals surface area contributed by atoms with E-state index in [1.807, 2.05) is 41.9 Å². The van der Waals surface area contributed by atoms with Crippen LogP contribution in [0.25, 0.3) is 0 Å². The molecule has 2 heterocycles. The molecule has 5 heteroatoms. The summed E-state index contributed by atoms with van der Waals surface area (Å²) >= 11 is 1.69. The molecular weight excluding hydrogens is 270 g/mol. The molecule has 1 saturated heterocycles. The first-order valence-corrected chi connectivity index (χ1v) is 7.81. The van der Waals surface area contributed by atoms with Gasteiger partial charge in [-0.15, -0.1) is 11.3 Å². The zero-order valence-electron chi connectivity index (χ0n) is 11.4. The molecule has 0 aliphatic carbocycles. The molecule has 1 unspecified atom stereocenters. The standard InChI is InChI=1S/C15H19N3OS/c19-14(13-4-2-1-3-5-13)12-17-7-9-18(10-8-17)15-16-6-11-20-15/h1-6,11,14,19H,7-10,12H2. The van der Waals surface area contributed by atoms with E-state index in [9.17, 15) is 5.11 Å². The number of aromatic nitrogens is 1. The third kappa shape index (κ3) is 3.17. The van der Waals surface area contributed by atoms with Gasteiger partial charge in [-0.25, -0.2) is 4.98 Å². The number of piperazine rings is 1. The highest BCUT2D eigenvalue weighted by atomic mass is 32.1. The Labute approximate surface area is 123 Å². The lowest BCUT2D eigenvalue weighted by atomic mass is 10.1. The molecule has 4 nitrogen and oxygen atoms in total. The number of benzene rings is 1. The van der Waals surface area contributed by atoms with Crippen LogP contribution < -0.4 is 4.90 Å². The van der Waals surface area contributed by atoms with Crippen LogP contribution in [0.2, 0.25) is 0 Å². The normalized spacial score (nSPS) is 18.1. The number of rotatable bonds is 4. The zero-order valence-corrected chi connectivity index (χ0v) is 12.2. The number of aliphatic hydroxyl groups is 1. The van der Waals surface area contributed by atoms with Gasteiger partial charge in [0.15, 0.2) is 5.13 Å². The van der Waals surface area contributed by atoms with Gasteiger partial charge in [-0.3, -0.25) is 4.90 Å². The highest BCUT2D eigenvalue weighted by Crippen LogP contribution is 2.20. The summed E-state index contributed by atoms with van der Waals surface area (Å²) in [6, 6.07) is 9.88. The van der Waals surface area contributed by atoms with Crippen LogP contribution in [0, 0.1) is 0 Å². The van der Waals surface area contributed by atoms with Gasteiger partial charge in [-0.2, -0.15) is 0 Å². The molecule has 0 amide bonds. The molecule has 1 atom stereocenters. The predicted octanol–water partition coefficient (Wildman–Crippen LogP) is 2.00. The van der Waals surface area contributed by atoms with Crippen molar-refractivity contribution in [1.29, 1.82) is 0 Å². The van der Waals surface area contributed by atoms with Crippen molar-refractivity contribution < 1.29 is 5.11 Å². The predicted molar refractivity (Wildman–Crippen MR) is 82.2 cm³/mol. The zero-order chi connectivity index (χ0) is 13.8. The van der Waals surface area contributed by atoms with Gasteiger partial charge in [0, 0.05) is 44.3 Å². The Morgan fingerprint density at radius 2 is 1.90 bits per heavy atom. The number of nitrogens with zero attached hydrogens (tertiary/aromatic N) is 3. The minimum Gasteiger partial charge on any atom is -0.387 e. The molecule has 1 N–H and O–H groups in total. The van der Waals surface area contributed by atoms with Crippen LogP contribution in [0.1, 0.15) is 11.7 Å². The van der Waals surface area contributed by atoms with Gasteiger partial charge < -0.3 is 10.0 Å². The Bertz CT molecular complexity index is 509. The summed E-state index contributed by atoms with van der Waals surface area (Å²) in [7, 11) is 0. The molecule has 0 saturated carbocycles. The van der Waals surface area contributed by atoms with Crippen LogP contribution in [-0.4, -0.2) is 47.7 Å². The van der Waals surface area contributed by atoms with Gasteiger partial charge in [0.25, 0.3) is 0 Å². The topological polar surface area (TPSA) is 39.6 Å². The Kier molecular flexibility index (Phi) is 4.30. The Balaban J connectivity index is 1.51. The Morgan fingerprint density at radius 3 is 2.55 bits per heavy atom. The van der Waals surface area contributed by atoms with Crippen molar-refractivity contribution in [3.8, 4) is 0 Å². The first-order valence-electron chi connectivity index (χ1n) is 6.93. The van der Waals surface area contributed by atoms with Crippen molar-refractivity contribution in [3.05, 3.63) is 47.5 Å². The molecule has 0 spiro atoms. The van der Waals surface area contributed by atoms with E-state index in [2.05, 4.69) is 14.8 Å². The number of aliphatic hydroxyl groups excluding tert-OH is 1. The van der Waals surface area contributed by atoms with Crippen molar-refractivity contribution in [3.63, 3.8) is 0 Å². The van der Waals surface area contributed by atoms with Crippen LogP contribution in [0.3, 0.4) is 0 Å². The summed E-state index contributed by atoms with van der Waals surface area (Å²) in [5.74, 6) is 0. The van der Waals surface area contributed by atoms with Crippen molar-refractivity contribution in [1.82, 2.24) is 9.88 Å². The maximum Gasteiger partial charge on any atom is 0.185 e. The van der Waals surface area contributed by atoms with Crippen molar-refractivity contribution in [2.45, 2.75) is 6.10 Å². The van der Waals surface area contributed by atoms with Gasteiger partial charge in [0.1, 0.15) is 0 Å². The maximum atomic E-state index is 10.3. The highest BCUT2D eigenvalue weighted by Gasteiger charge is 2.20. The van der Waals surface area contributed by atoms with E-state index in [0.717, 1.165) is 36.9 Å². The quantitative estimate of drug-likeness (QED) is 0.934. The van der Waals surface area contributed by atoms with Gasteiger partial charge in [0.2, 0.25) is 0 Å². The molecule has 3 rings (SSSR count). The molecule has 1 aromatic heterocycles. The fraction of sp³-hybridized carbons (Fsp3) is 0.400. The minimum absolute atomic E-state index is 0.400. The second-order valence-corrected chi connectivity index (χ2v) is 5.90. The molecule has 1 fully saturated rings. The number of anilines is 1. The Morgan fingerprint density at radius 1 is 1.15 bits per heavy atom. The van der Waals surface area contributed by atoms with E-state index < -0.39 is 6.10 Å². The molecule has 20 heavy (non-hydrogen) atoms. The van der Waals surface area contributed by atoms with Crippen molar-refractivity contribution in [2.75, 3.05) is 37.6 Å². The van der Waals surface area contributed by atoms with Crippen molar-refractivity contribution in [2.24, 2.45) is 0 Å². The number of hydrogen-bond acceptors (Lipinski definition) is 5. The fourth-order valence-electron chi connectivity index (χ4n) is 2.52. The largest absolute Gasteiger partial charge is 0.387 e. The summed E-state index contributed by atoms with van der Waals surface area (Å²) in [4.78, 5) is 8.99. The minimum atomic E-state index is -0.400. The molecule has 1 aliphatic heterocycles. The monoisotopic (exact) mass is 289 g/mol. The fourth-order valence-corrected chi connectivity index (χ4v) is 3.22. The van der Waals surface area contributed by atoms with Crippen molar-refractivity contribution >= 4 is 16.5 Å². The summed E-state index contributed by atoms with van der Waals surface area (Å²) in [5, 5.41) is 13.4. The average Bonchev–Trinajstić information content (AvgIpc) is 3.03. The summed E-state index contributed by atoms with van der Waals surface area (Å²) < 4.78 is 0. The van der Waals surface area contributed by atoms with Gasteiger partial charge in [0.05, 0.1) is 6.10 Å². The van der Waals surface area contributed by atoms with Crippen LogP contribution in [0.4, 0.5) is 5.13 Å². The molecule has 2 aromatic rings. The third-order valence-electron chi connectivity index (χ3n) is 3.68. The number of thiazole rings is 1. The van der Waals surface area contributed by atoms with Crippen LogP contribution in [0.15, 0.2) is 41.9 Å². The summed E-state index contributed by atoms with van der Waals surface area (Å²) in [6.45, 7) is 4.62. The molecular formula is C15H19N3OS. The second-order valence-electron chi connectivity index (χ2n) is 5.03. The van der Waals surface area contributed by atoms with Gasteiger partial charge in [-0.1, -0.05) is 30.3 Å². The van der Waals surface area contributed by atoms with Crippen LogP contribution >= 0.6 is 11.3 Å². The number of β-amino-alcohol motifs (C(OH)–C–C–N with tert-alkyl or cyclic N) is 1. The van der Waals surface area contributed by atoms with E-state index in [-0.39, 0.29) is 0 Å². The first-order chi connectivity index (χ1) is 9.83. The summed E-state index contributed by atoms with van der Waals surface area (Å²) in [6.07, 6.45) is 1.45. The number of hydrogen-bond donors (Lipinski definition) is 1. The van der Waals surface area contributed by atoms with E-state index in [4.69, 9.17) is 0 Å². The smallest absolute Gasteiger partial charge is 0.185 e. The SMILES string of the molecule is OC(CN1CCN(c2nccs2)CC1)c1ccccc1. The lowest BCUT2D eigenvalue weighted by Gasteiger charge is -2.35. The second kappa shape index (κ2) is 6.35. The van der Waals surface area contributed by atoms with Gasteiger partial charge in [-0.05, 0) is 5.56 Å². The van der Waals surface area contributed by atoms with E-state index in [0.29, 0.717) is 6.54 Å². The molecule has 0 bridgehead atoms. The maximum absolute atomic E-state index is 10.3. The first kappa shape index (κ1) is 13.5. The Hall–Kier alpha value is -1.43. The lowest BCUT2D eigenvalue weighted by molar-refractivity contribution is 0.109. The molecule has 0 radical (unpaired) electrons. The van der Waals surface area contributed by atoms with E-state index in [1.54, 1.807) is 11.3 Å². The van der Waals surface area contributed by atoms with Crippen LogP contribution in [-0.2, 0) is 0 Å². The van der Waals surface area contributed by atoms with E-state index in [1.165, 1.54) is 0 Å². The molecule has 106 valence electrons. The highest BCUT2D eigenvalue weighted by molar-refractivity contribution is 7.13. The third-order valence-corrected chi connectivity index (χ3v) is 4.51. The molecule has 1 aromatic carbocycles. The summed E-state index contributed by atoms with van der Waals surface area (Å²) in [5.41, 5.74) is 0.995. The van der Waals surface area contributed by atoms with Gasteiger partial charge >= 0.3 is 0 Å². The molecule has 1 aliphatic rings.